The lowest BCUT2D eigenvalue weighted by Crippen LogP contribution is -2.45. The normalized spacial score (nSPS) is 16.1. The largest absolute Gasteiger partial charge is 0.376 e. The summed E-state index contributed by atoms with van der Waals surface area (Å²) < 4.78 is 33.2. The summed E-state index contributed by atoms with van der Waals surface area (Å²) in [7, 11) is -1.83. The van der Waals surface area contributed by atoms with E-state index in [4.69, 9.17) is 16.3 Å². The summed E-state index contributed by atoms with van der Waals surface area (Å²) in [6, 6.07) is 15.0. The second-order valence-electron chi connectivity index (χ2n) is 6.22. The van der Waals surface area contributed by atoms with Gasteiger partial charge in [-0.05, 0) is 28.8 Å². The third kappa shape index (κ3) is 3.98. The highest BCUT2D eigenvalue weighted by atomic mass is 35.5. The number of ether oxygens (including phenoxy) is 1. The highest BCUT2D eigenvalue weighted by molar-refractivity contribution is 7.88. The van der Waals surface area contributed by atoms with Crippen LogP contribution in [0.3, 0.4) is 0 Å². The van der Waals surface area contributed by atoms with E-state index in [1.807, 2.05) is 12.1 Å². The summed E-state index contributed by atoms with van der Waals surface area (Å²) in [6.07, 6.45) is 1.42. The molecule has 2 aromatic carbocycles. The first-order valence-corrected chi connectivity index (χ1v) is 9.78. The molecule has 0 bridgehead atoms. The summed E-state index contributed by atoms with van der Waals surface area (Å²) >= 11 is 5.92. The van der Waals surface area contributed by atoms with Gasteiger partial charge in [-0.15, -0.1) is 0 Å². The van der Waals surface area contributed by atoms with E-state index in [1.165, 1.54) is 11.1 Å². The lowest BCUT2D eigenvalue weighted by Gasteiger charge is -2.27. The number of nitrogens with one attached hydrogen (secondary N) is 1. The minimum Gasteiger partial charge on any atom is -0.376 e. The van der Waals surface area contributed by atoms with E-state index in [1.54, 1.807) is 31.4 Å². The minimum atomic E-state index is -3.46. The Morgan fingerprint density at radius 1 is 1.12 bits per heavy atom. The lowest BCUT2D eigenvalue weighted by molar-refractivity contribution is 0.00377. The summed E-state index contributed by atoms with van der Waals surface area (Å²) in [5.41, 5.74) is 2.57. The van der Waals surface area contributed by atoms with Gasteiger partial charge in [-0.2, -0.15) is 0 Å². The van der Waals surface area contributed by atoms with Crippen molar-refractivity contribution in [1.82, 2.24) is 4.72 Å². The van der Waals surface area contributed by atoms with Crippen molar-refractivity contribution < 1.29 is 13.2 Å². The molecule has 0 heterocycles. The molecule has 128 valence electrons. The average molecular weight is 366 g/mol. The van der Waals surface area contributed by atoms with Crippen molar-refractivity contribution in [3.05, 3.63) is 70.2 Å². The quantitative estimate of drug-likeness (QED) is 0.856. The summed E-state index contributed by atoms with van der Waals surface area (Å²) in [5.74, 6) is -0.0969. The molecule has 6 heteroatoms. The zero-order valence-electron chi connectivity index (χ0n) is 13.5. The van der Waals surface area contributed by atoms with E-state index in [0.717, 1.165) is 0 Å². The van der Waals surface area contributed by atoms with Crippen LogP contribution in [0.15, 0.2) is 48.5 Å². The number of methoxy groups -OCH3 is 1. The Morgan fingerprint density at radius 2 is 1.79 bits per heavy atom. The van der Waals surface area contributed by atoms with Crippen molar-refractivity contribution in [3.8, 4) is 0 Å². The van der Waals surface area contributed by atoms with Crippen molar-refractivity contribution >= 4 is 21.6 Å². The molecule has 3 rings (SSSR count). The number of sulfonamides is 1. The van der Waals surface area contributed by atoms with E-state index in [2.05, 4.69) is 16.9 Å². The number of benzene rings is 2. The van der Waals surface area contributed by atoms with Crippen LogP contribution in [0.2, 0.25) is 5.02 Å². The second-order valence-corrected chi connectivity index (χ2v) is 8.46. The van der Waals surface area contributed by atoms with Gasteiger partial charge in [0.25, 0.3) is 0 Å². The first kappa shape index (κ1) is 17.4. The maximum Gasteiger partial charge on any atom is 0.215 e. The molecule has 0 saturated heterocycles. The number of rotatable bonds is 6. The Hall–Kier alpha value is -1.40. The van der Waals surface area contributed by atoms with Crippen LogP contribution in [0.5, 0.6) is 0 Å². The Bertz CT molecular complexity index is 811. The fourth-order valence-corrected chi connectivity index (χ4v) is 4.56. The monoisotopic (exact) mass is 365 g/mol. The van der Waals surface area contributed by atoms with Crippen LogP contribution < -0.4 is 4.72 Å². The molecule has 0 unspecified atom stereocenters. The second kappa shape index (κ2) is 6.84. The molecule has 24 heavy (non-hydrogen) atoms. The molecule has 0 aromatic heterocycles. The molecule has 2 aromatic rings. The van der Waals surface area contributed by atoms with Crippen molar-refractivity contribution in [2.45, 2.75) is 24.2 Å². The van der Waals surface area contributed by atoms with Crippen molar-refractivity contribution in [2.75, 3.05) is 13.7 Å². The molecule has 0 radical (unpaired) electrons. The summed E-state index contributed by atoms with van der Waals surface area (Å²) in [4.78, 5) is 0. The molecular formula is C18H20ClNO3S. The van der Waals surface area contributed by atoms with E-state index in [-0.39, 0.29) is 12.3 Å². The van der Waals surface area contributed by atoms with Crippen LogP contribution in [0.1, 0.15) is 16.7 Å². The van der Waals surface area contributed by atoms with Gasteiger partial charge in [-0.1, -0.05) is 48.0 Å². The number of fused-ring (bicyclic) bond motifs is 1. The molecule has 0 amide bonds. The lowest BCUT2D eigenvalue weighted by atomic mass is 10.0. The van der Waals surface area contributed by atoms with E-state index in [9.17, 15) is 8.42 Å². The Balaban J connectivity index is 1.68. The van der Waals surface area contributed by atoms with Gasteiger partial charge in [-0.25, -0.2) is 13.1 Å². The minimum absolute atomic E-state index is 0.0969. The van der Waals surface area contributed by atoms with E-state index in [0.29, 0.717) is 23.4 Å². The number of halogens is 1. The van der Waals surface area contributed by atoms with Gasteiger partial charge in [0, 0.05) is 31.5 Å². The molecule has 0 spiro atoms. The third-order valence-corrected chi connectivity index (χ3v) is 5.97. The average Bonchev–Trinajstić information content (AvgIpc) is 2.92. The van der Waals surface area contributed by atoms with Crippen molar-refractivity contribution in [1.29, 1.82) is 0 Å². The van der Waals surface area contributed by atoms with Crippen molar-refractivity contribution in [3.63, 3.8) is 0 Å². The van der Waals surface area contributed by atoms with Crippen LogP contribution in [-0.4, -0.2) is 27.7 Å². The molecule has 0 saturated carbocycles. The van der Waals surface area contributed by atoms with Crippen LogP contribution in [-0.2, 0) is 33.4 Å². The van der Waals surface area contributed by atoms with E-state index < -0.39 is 15.6 Å². The Labute approximate surface area is 147 Å². The van der Waals surface area contributed by atoms with Gasteiger partial charge in [0.2, 0.25) is 10.0 Å². The molecule has 0 aliphatic heterocycles. The zero-order chi connectivity index (χ0) is 17.2. The van der Waals surface area contributed by atoms with E-state index >= 15 is 0 Å². The fraction of sp³-hybridized carbons (Fsp3) is 0.333. The molecule has 1 aliphatic carbocycles. The first-order valence-electron chi connectivity index (χ1n) is 7.75. The van der Waals surface area contributed by atoms with Gasteiger partial charge in [0.1, 0.15) is 0 Å². The molecular weight excluding hydrogens is 346 g/mol. The van der Waals surface area contributed by atoms with Crippen LogP contribution >= 0.6 is 11.6 Å². The Morgan fingerprint density at radius 3 is 2.38 bits per heavy atom. The van der Waals surface area contributed by atoms with Gasteiger partial charge < -0.3 is 4.74 Å². The molecule has 0 atom stereocenters. The van der Waals surface area contributed by atoms with Crippen LogP contribution in [0, 0.1) is 0 Å². The summed E-state index contributed by atoms with van der Waals surface area (Å²) in [6.45, 7) is 0.251. The highest BCUT2D eigenvalue weighted by Crippen LogP contribution is 2.32. The third-order valence-electron chi connectivity index (χ3n) is 4.44. The van der Waals surface area contributed by atoms with Gasteiger partial charge >= 0.3 is 0 Å². The fourth-order valence-electron chi connectivity index (χ4n) is 3.14. The molecule has 4 nitrogen and oxygen atoms in total. The number of hydrogen-bond acceptors (Lipinski definition) is 3. The molecule has 1 N–H and O–H groups in total. The zero-order valence-corrected chi connectivity index (χ0v) is 15.0. The van der Waals surface area contributed by atoms with Gasteiger partial charge in [0.05, 0.1) is 11.4 Å². The van der Waals surface area contributed by atoms with Crippen LogP contribution in [0.25, 0.3) is 0 Å². The topological polar surface area (TPSA) is 55.4 Å². The first-order chi connectivity index (χ1) is 11.4. The SMILES string of the molecule is COC1(CNS(=O)(=O)Cc2cccc(Cl)c2)Cc2ccccc2C1. The highest BCUT2D eigenvalue weighted by Gasteiger charge is 2.38. The standard InChI is InChI=1S/C18H20ClNO3S/c1-23-18(10-15-6-2-3-7-16(15)11-18)13-20-24(21,22)12-14-5-4-8-17(19)9-14/h2-9,20H,10-13H2,1H3. The number of hydrogen-bond donors (Lipinski definition) is 1. The maximum absolute atomic E-state index is 12.4. The Kier molecular flexibility index (Phi) is 4.97. The predicted octanol–water partition coefficient (Wildman–Crippen LogP) is 2.94. The predicted molar refractivity (Wildman–Crippen MR) is 95.7 cm³/mol. The molecule has 0 fully saturated rings. The summed E-state index contributed by atoms with van der Waals surface area (Å²) in [5, 5.41) is 0.530. The molecule has 1 aliphatic rings. The smallest absolute Gasteiger partial charge is 0.215 e. The van der Waals surface area contributed by atoms with Crippen molar-refractivity contribution in [2.24, 2.45) is 0 Å². The maximum atomic E-state index is 12.4. The van der Waals surface area contributed by atoms with Gasteiger partial charge in [0.15, 0.2) is 0 Å². The van der Waals surface area contributed by atoms with Gasteiger partial charge in [-0.3, -0.25) is 0 Å². The van der Waals surface area contributed by atoms with Crippen LogP contribution in [0.4, 0.5) is 0 Å².